The van der Waals surface area contributed by atoms with Crippen molar-refractivity contribution in [3.8, 4) is 6.07 Å². The summed E-state index contributed by atoms with van der Waals surface area (Å²) >= 11 is 1.96. The SMILES string of the molecule is Cc1nc(N2CCNCC2)nc(N2CCSCC2)c1C#N. The Morgan fingerprint density at radius 1 is 1.10 bits per heavy atom. The third-order valence-electron chi connectivity index (χ3n) is 3.88. The van der Waals surface area contributed by atoms with E-state index in [-0.39, 0.29) is 0 Å². The Morgan fingerprint density at radius 2 is 1.81 bits per heavy atom. The van der Waals surface area contributed by atoms with E-state index in [0.29, 0.717) is 5.56 Å². The highest BCUT2D eigenvalue weighted by Gasteiger charge is 2.22. The lowest BCUT2D eigenvalue weighted by Gasteiger charge is -2.31. The average molecular weight is 304 g/mol. The van der Waals surface area contributed by atoms with Gasteiger partial charge in [0.1, 0.15) is 11.6 Å². The smallest absolute Gasteiger partial charge is 0.227 e. The summed E-state index contributed by atoms with van der Waals surface area (Å²) in [6.45, 7) is 7.57. The number of piperazine rings is 1. The molecule has 6 nitrogen and oxygen atoms in total. The Morgan fingerprint density at radius 3 is 2.48 bits per heavy atom. The topological polar surface area (TPSA) is 68.1 Å². The van der Waals surface area contributed by atoms with E-state index in [2.05, 4.69) is 26.2 Å². The first-order valence-corrected chi connectivity index (χ1v) is 8.52. The minimum atomic E-state index is 0.626. The van der Waals surface area contributed by atoms with E-state index < -0.39 is 0 Å². The molecule has 7 heteroatoms. The first kappa shape index (κ1) is 14.4. The number of aryl methyl sites for hydroxylation is 1. The van der Waals surface area contributed by atoms with Crippen molar-refractivity contribution < 1.29 is 0 Å². The predicted molar refractivity (Wildman–Crippen MR) is 86.1 cm³/mol. The molecule has 1 N–H and O–H groups in total. The molecule has 0 radical (unpaired) electrons. The van der Waals surface area contributed by atoms with Gasteiger partial charge in [0.15, 0.2) is 5.82 Å². The van der Waals surface area contributed by atoms with E-state index in [1.165, 1.54) is 0 Å². The van der Waals surface area contributed by atoms with Gasteiger partial charge in [-0.25, -0.2) is 4.98 Å². The molecule has 112 valence electrons. The number of anilines is 2. The number of nitrogens with zero attached hydrogens (tertiary/aromatic N) is 5. The van der Waals surface area contributed by atoms with Crippen molar-refractivity contribution in [3.63, 3.8) is 0 Å². The number of nitrogens with one attached hydrogen (secondary N) is 1. The molecule has 0 aromatic carbocycles. The van der Waals surface area contributed by atoms with Crippen LogP contribution >= 0.6 is 11.8 Å². The van der Waals surface area contributed by atoms with Gasteiger partial charge in [0, 0.05) is 50.8 Å². The van der Waals surface area contributed by atoms with Gasteiger partial charge < -0.3 is 15.1 Å². The van der Waals surface area contributed by atoms with Crippen LogP contribution in [0.5, 0.6) is 0 Å². The molecule has 1 aromatic rings. The highest BCUT2D eigenvalue weighted by atomic mass is 32.2. The molecule has 0 atom stereocenters. The molecule has 2 aliphatic rings. The van der Waals surface area contributed by atoms with Gasteiger partial charge in [-0.15, -0.1) is 0 Å². The summed E-state index contributed by atoms with van der Waals surface area (Å²) in [5, 5.41) is 12.8. The summed E-state index contributed by atoms with van der Waals surface area (Å²) < 4.78 is 0. The van der Waals surface area contributed by atoms with E-state index in [1.807, 2.05) is 18.7 Å². The normalized spacial score (nSPS) is 19.4. The van der Waals surface area contributed by atoms with Crippen LogP contribution in [0.25, 0.3) is 0 Å². The molecule has 3 heterocycles. The van der Waals surface area contributed by atoms with Gasteiger partial charge in [0.25, 0.3) is 0 Å². The molecule has 0 unspecified atom stereocenters. The number of aromatic nitrogens is 2. The number of thioether (sulfide) groups is 1. The van der Waals surface area contributed by atoms with Crippen molar-refractivity contribution in [3.05, 3.63) is 11.3 Å². The van der Waals surface area contributed by atoms with E-state index in [0.717, 1.165) is 68.2 Å². The lowest BCUT2D eigenvalue weighted by Crippen LogP contribution is -2.44. The molecule has 1 aromatic heterocycles. The maximum atomic E-state index is 9.45. The largest absolute Gasteiger partial charge is 0.354 e. The first-order valence-electron chi connectivity index (χ1n) is 7.36. The summed E-state index contributed by atoms with van der Waals surface area (Å²) in [5.41, 5.74) is 1.41. The van der Waals surface area contributed by atoms with E-state index in [1.54, 1.807) is 0 Å². The average Bonchev–Trinajstić information content (AvgIpc) is 2.55. The standard InChI is InChI=1S/C14H20N6S/c1-11-12(10-15)13(19-6-8-21-9-7-19)18-14(17-11)20-4-2-16-3-5-20/h16H,2-9H2,1H3. The maximum Gasteiger partial charge on any atom is 0.227 e. The van der Waals surface area contributed by atoms with Gasteiger partial charge in [-0.3, -0.25) is 0 Å². The molecule has 2 saturated heterocycles. The van der Waals surface area contributed by atoms with E-state index in [4.69, 9.17) is 4.98 Å². The molecule has 21 heavy (non-hydrogen) atoms. The second-order valence-electron chi connectivity index (χ2n) is 5.26. The summed E-state index contributed by atoms with van der Waals surface area (Å²) in [6, 6.07) is 2.29. The van der Waals surface area contributed by atoms with E-state index in [9.17, 15) is 5.26 Å². The van der Waals surface area contributed by atoms with Crippen molar-refractivity contribution in [1.82, 2.24) is 15.3 Å². The molecular weight excluding hydrogens is 284 g/mol. The van der Waals surface area contributed by atoms with Gasteiger partial charge in [-0.2, -0.15) is 22.0 Å². The quantitative estimate of drug-likeness (QED) is 0.859. The van der Waals surface area contributed by atoms with Crippen LogP contribution in [-0.4, -0.2) is 60.7 Å². The Bertz CT molecular complexity index is 543. The fourth-order valence-corrected chi connectivity index (χ4v) is 3.59. The number of hydrogen-bond donors (Lipinski definition) is 1. The van der Waals surface area contributed by atoms with Crippen LogP contribution in [0.2, 0.25) is 0 Å². The minimum absolute atomic E-state index is 0.626. The highest BCUT2D eigenvalue weighted by Crippen LogP contribution is 2.25. The summed E-state index contributed by atoms with van der Waals surface area (Å²) in [4.78, 5) is 13.7. The second kappa shape index (κ2) is 6.50. The second-order valence-corrected chi connectivity index (χ2v) is 6.48. The molecule has 0 saturated carbocycles. The van der Waals surface area contributed by atoms with Crippen LogP contribution in [0.15, 0.2) is 0 Å². The van der Waals surface area contributed by atoms with Crippen LogP contribution in [0.1, 0.15) is 11.3 Å². The Kier molecular flexibility index (Phi) is 4.46. The zero-order valence-corrected chi connectivity index (χ0v) is 13.1. The van der Waals surface area contributed by atoms with Gasteiger partial charge in [0.05, 0.1) is 5.69 Å². The predicted octanol–water partition coefficient (Wildman–Crippen LogP) is 0.619. The molecule has 0 amide bonds. The third kappa shape index (κ3) is 3.06. The summed E-state index contributed by atoms with van der Waals surface area (Å²) in [5.74, 6) is 3.77. The highest BCUT2D eigenvalue weighted by molar-refractivity contribution is 7.99. The molecule has 3 rings (SSSR count). The molecule has 2 aliphatic heterocycles. The van der Waals surface area contributed by atoms with Crippen molar-refractivity contribution in [2.75, 3.05) is 60.6 Å². The Hall–Kier alpha value is -1.52. The first-order chi connectivity index (χ1) is 10.3. The zero-order valence-electron chi connectivity index (χ0n) is 12.3. The Balaban J connectivity index is 1.95. The van der Waals surface area contributed by atoms with Crippen molar-refractivity contribution in [2.24, 2.45) is 0 Å². The lowest BCUT2D eigenvalue weighted by molar-refractivity contribution is 0.579. The monoisotopic (exact) mass is 304 g/mol. The third-order valence-corrected chi connectivity index (χ3v) is 4.82. The summed E-state index contributed by atoms with van der Waals surface area (Å²) in [7, 11) is 0. The van der Waals surface area contributed by atoms with Gasteiger partial charge in [-0.05, 0) is 6.92 Å². The van der Waals surface area contributed by atoms with Crippen molar-refractivity contribution in [2.45, 2.75) is 6.92 Å². The lowest BCUT2D eigenvalue weighted by atomic mass is 10.2. The van der Waals surface area contributed by atoms with Crippen molar-refractivity contribution >= 4 is 23.5 Å². The maximum absolute atomic E-state index is 9.45. The van der Waals surface area contributed by atoms with Gasteiger partial charge >= 0.3 is 0 Å². The van der Waals surface area contributed by atoms with Crippen molar-refractivity contribution in [1.29, 1.82) is 5.26 Å². The number of rotatable bonds is 2. The van der Waals surface area contributed by atoms with Gasteiger partial charge in [-0.1, -0.05) is 0 Å². The van der Waals surface area contributed by atoms with Gasteiger partial charge in [0.2, 0.25) is 5.95 Å². The fraction of sp³-hybridized carbons (Fsp3) is 0.643. The number of hydrogen-bond acceptors (Lipinski definition) is 7. The van der Waals surface area contributed by atoms with Crippen LogP contribution in [0.4, 0.5) is 11.8 Å². The molecule has 0 bridgehead atoms. The summed E-state index contributed by atoms with van der Waals surface area (Å²) in [6.07, 6.45) is 0. The molecular formula is C14H20N6S. The molecule has 2 fully saturated rings. The molecule has 0 spiro atoms. The zero-order chi connectivity index (χ0) is 14.7. The number of nitriles is 1. The Labute approximate surface area is 129 Å². The van der Waals surface area contributed by atoms with Crippen LogP contribution in [-0.2, 0) is 0 Å². The fourth-order valence-electron chi connectivity index (χ4n) is 2.68. The molecule has 0 aliphatic carbocycles. The van der Waals surface area contributed by atoms with E-state index >= 15 is 0 Å². The van der Waals surface area contributed by atoms with Crippen LogP contribution < -0.4 is 15.1 Å². The van der Waals surface area contributed by atoms with Crippen LogP contribution in [0, 0.1) is 18.3 Å². The van der Waals surface area contributed by atoms with Crippen LogP contribution in [0.3, 0.4) is 0 Å². The minimum Gasteiger partial charge on any atom is -0.354 e.